The van der Waals surface area contributed by atoms with Crippen molar-refractivity contribution in [2.45, 2.75) is 38.7 Å². The Morgan fingerprint density at radius 3 is 2.70 bits per heavy atom. The number of nitrogens with zero attached hydrogens (tertiary/aromatic N) is 3. The number of anilines is 1. The van der Waals surface area contributed by atoms with Crippen molar-refractivity contribution >= 4 is 28.3 Å². The van der Waals surface area contributed by atoms with Crippen molar-refractivity contribution in [2.24, 2.45) is 0 Å². The molecule has 0 spiro atoms. The van der Waals surface area contributed by atoms with E-state index in [1.165, 1.54) is 18.2 Å². The molecule has 1 aliphatic heterocycles. The predicted molar refractivity (Wildman–Crippen MR) is 106 cm³/mol. The quantitative estimate of drug-likeness (QED) is 0.523. The van der Waals surface area contributed by atoms with Gasteiger partial charge in [0.25, 0.3) is 0 Å². The fraction of sp³-hybridized carbons (Fsp3) is 0.400. The van der Waals surface area contributed by atoms with Crippen LogP contribution in [0, 0.1) is 6.92 Å². The Morgan fingerprint density at radius 1 is 1.27 bits per heavy atom. The molecular formula is C20H19ClF4N4O. The maximum absolute atomic E-state index is 13.1. The summed E-state index contributed by atoms with van der Waals surface area (Å²) in [6.45, 7) is 3.86. The summed E-state index contributed by atoms with van der Waals surface area (Å²) in [4.78, 5) is 14.1. The zero-order valence-electron chi connectivity index (χ0n) is 16.1. The van der Waals surface area contributed by atoms with Gasteiger partial charge in [-0.15, -0.1) is 0 Å². The second-order valence-electron chi connectivity index (χ2n) is 7.25. The van der Waals surface area contributed by atoms with E-state index in [1.54, 1.807) is 6.20 Å². The van der Waals surface area contributed by atoms with Gasteiger partial charge in [-0.25, -0.2) is 4.98 Å². The van der Waals surface area contributed by atoms with Crippen LogP contribution >= 0.6 is 11.6 Å². The van der Waals surface area contributed by atoms with E-state index < -0.39 is 12.5 Å². The molecule has 30 heavy (non-hydrogen) atoms. The summed E-state index contributed by atoms with van der Waals surface area (Å²) in [6, 6.07) is 3.81. The third kappa shape index (κ3) is 4.03. The molecule has 0 radical (unpaired) electrons. The molecule has 0 amide bonds. The SMILES string of the molecule is Cc1cnc(Cc2nc3ccc(OC(F)(F)C(F)F)cc3[nH]2)c(Cl)c1N1CCCC1. The summed E-state index contributed by atoms with van der Waals surface area (Å²) >= 11 is 6.65. The molecule has 1 N–H and O–H groups in total. The van der Waals surface area contributed by atoms with Gasteiger partial charge in [0.05, 0.1) is 27.4 Å². The minimum Gasteiger partial charge on any atom is -0.428 e. The predicted octanol–water partition coefficient (Wildman–Crippen LogP) is 5.35. The van der Waals surface area contributed by atoms with Gasteiger partial charge in [-0.2, -0.15) is 17.6 Å². The molecule has 0 unspecified atom stereocenters. The molecule has 160 valence electrons. The van der Waals surface area contributed by atoms with E-state index >= 15 is 0 Å². The van der Waals surface area contributed by atoms with Gasteiger partial charge >= 0.3 is 12.5 Å². The molecule has 0 bridgehead atoms. The summed E-state index contributed by atoms with van der Waals surface area (Å²) in [5, 5.41) is 0.568. The second-order valence-corrected chi connectivity index (χ2v) is 7.63. The van der Waals surface area contributed by atoms with Crippen LogP contribution in [-0.2, 0) is 6.42 Å². The number of fused-ring (bicyclic) bond motifs is 1. The second kappa shape index (κ2) is 7.94. The lowest BCUT2D eigenvalue weighted by Crippen LogP contribution is -2.33. The molecule has 2 aromatic heterocycles. The maximum atomic E-state index is 13.1. The van der Waals surface area contributed by atoms with E-state index in [1.807, 2.05) is 6.92 Å². The van der Waals surface area contributed by atoms with Gasteiger partial charge in [0.15, 0.2) is 0 Å². The van der Waals surface area contributed by atoms with Crippen molar-refractivity contribution in [1.29, 1.82) is 0 Å². The fourth-order valence-electron chi connectivity index (χ4n) is 3.60. The molecule has 0 atom stereocenters. The molecule has 1 fully saturated rings. The first-order valence-corrected chi connectivity index (χ1v) is 9.85. The Kier molecular flexibility index (Phi) is 5.48. The lowest BCUT2D eigenvalue weighted by Gasteiger charge is -2.22. The van der Waals surface area contributed by atoms with Gasteiger partial charge in [-0.3, -0.25) is 4.98 Å². The molecule has 5 nitrogen and oxygen atoms in total. The van der Waals surface area contributed by atoms with Gasteiger partial charge in [-0.05, 0) is 37.5 Å². The van der Waals surface area contributed by atoms with Crippen LogP contribution in [0.2, 0.25) is 5.02 Å². The van der Waals surface area contributed by atoms with E-state index in [0.717, 1.165) is 37.2 Å². The van der Waals surface area contributed by atoms with Gasteiger partial charge in [0, 0.05) is 31.8 Å². The number of pyridine rings is 1. The van der Waals surface area contributed by atoms with Gasteiger partial charge in [0.1, 0.15) is 11.6 Å². The monoisotopic (exact) mass is 442 g/mol. The van der Waals surface area contributed by atoms with E-state index in [9.17, 15) is 17.6 Å². The number of hydrogen-bond donors (Lipinski definition) is 1. The number of aromatic amines is 1. The van der Waals surface area contributed by atoms with Gasteiger partial charge in [0.2, 0.25) is 0 Å². The minimum absolute atomic E-state index is 0.304. The number of aromatic nitrogens is 3. The minimum atomic E-state index is -4.57. The van der Waals surface area contributed by atoms with Crippen molar-refractivity contribution in [3.05, 3.63) is 46.5 Å². The smallest absolute Gasteiger partial charge is 0.428 e. The molecule has 4 rings (SSSR count). The topological polar surface area (TPSA) is 54.0 Å². The van der Waals surface area contributed by atoms with Crippen LogP contribution in [0.1, 0.15) is 29.9 Å². The van der Waals surface area contributed by atoms with E-state index in [2.05, 4.69) is 24.6 Å². The number of aryl methyl sites for hydroxylation is 1. The summed E-state index contributed by atoms with van der Waals surface area (Å²) in [5.74, 6) is 0.138. The van der Waals surface area contributed by atoms with Gasteiger partial charge < -0.3 is 14.6 Å². The Labute approximate surface area is 175 Å². The molecule has 1 saturated heterocycles. The van der Waals surface area contributed by atoms with Crippen molar-refractivity contribution in [2.75, 3.05) is 18.0 Å². The standard InChI is InChI=1S/C20H19ClF4N4O/c1-11-10-26-15(17(21)18(11)29-6-2-3-7-29)9-16-27-13-5-4-12(8-14(13)28-16)30-20(24,25)19(22)23/h4-5,8,10,19H,2-3,6-7,9H2,1H3,(H,27,28). The molecule has 1 aromatic carbocycles. The first-order chi connectivity index (χ1) is 14.2. The highest BCUT2D eigenvalue weighted by atomic mass is 35.5. The molecule has 3 aromatic rings. The summed E-state index contributed by atoms with van der Waals surface area (Å²) in [5.41, 5.74) is 3.48. The largest absolute Gasteiger partial charge is 0.461 e. The van der Waals surface area contributed by atoms with Crippen LogP contribution < -0.4 is 9.64 Å². The highest BCUT2D eigenvalue weighted by Gasteiger charge is 2.44. The number of hydrogen-bond acceptors (Lipinski definition) is 4. The van der Waals surface area contributed by atoms with Crippen molar-refractivity contribution in [3.63, 3.8) is 0 Å². The Bertz CT molecular complexity index is 1070. The fourth-order valence-corrected chi connectivity index (χ4v) is 3.99. The Hall–Kier alpha value is -2.55. The highest BCUT2D eigenvalue weighted by molar-refractivity contribution is 6.34. The summed E-state index contributed by atoms with van der Waals surface area (Å²) < 4.78 is 55.1. The normalized spacial score (nSPS) is 14.8. The van der Waals surface area contributed by atoms with Crippen molar-refractivity contribution in [3.8, 4) is 5.75 Å². The number of benzene rings is 1. The van der Waals surface area contributed by atoms with Crippen LogP contribution in [-0.4, -0.2) is 40.6 Å². The molecule has 1 aliphatic rings. The first kappa shape index (κ1) is 20.7. The number of H-pyrrole nitrogens is 1. The zero-order chi connectivity index (χ0) is 21.5. The van der Waals surface area contributed by atoms with Crippen LogP contribution in [0.4, 0.5) is 23.2 Å². The lowest BCUT2D eigenvalue weighted by molar-refractivity contribution is -0.253. The van der Waals surface area contributed by atoms with Gasteiger partial charge in [-0.1, -0.05) is 11.6 Å². The van der Waals surface area contributed by atoms with E-state index in [0.29, 0.717) is 34.0 Å². The maximum Gasteiger partial charge on any atom is 0.461 e. The Balaban J connectivity index is 1.59. The number of alkyl halides is 4. The summed E-state index contributed by atoms with van der Waals surface area (Å²) in [6.07, 6.45) is -4.18. The number of imidazole rings is 1. The number of halogens is 5. The lowest BCUT2D eigenvalue weighted by atomic mass is 10.1. The van der Waals surface area contributed by atoms with Crippen LogP contribution in [0.5, 0.6) is 5.75 Å². The highest BCUT2D eigenvalue weighted by Crippen LogP contribution is 2.35. The molecule has 3 heterocycles. The molecule has 0 aliphatic carbocycles. The number of nitrogens with one attached hydrogen (secondary N) is 1. The molecular weight excluding hydrogens is 424 g/mol. The third-order valence-corrected chi connectivity index (χ3v) is 5.41. The molecule has 0 saturated carbocycles. The average Bonchev–Trinajstić information content (AvgIpc) is 3.33. The van der Waals surface area contributed by atoms with Crippen LogP contribution in [0.3, 0.4) is 0 Å². The third-order valence-electron chi connectivity index (χ3n) is 5.02. The van der Waals surface area contributed by atoms with E-state index in [4.69, 9.17) is 11.6 Å². The first-order valence-electron chi connectivity index (χ1n) is 9.47. The summed E-state index contributed by atoms with van der Waals surface area (Å²) in [7, 11) is 0. The zero-order valence-corrected chi connectivity index (χ0v) is 16.8. The average molecular weight is 443 g/mol. The molecule has 10 heteroatoms. The van der Waals surface area contributed by atoms with Crippen molar-refractivity contribution < 1.29 is 22.3 Å². The Morgan fingerprint density at radius 2 is 2.00 bits per heavy atom. The van der Waals surface area contributed by atoms with Crippen LogP contribution in [0.25, 0.3) is 11.0 Å². The number of rotatable bonds is 6. The van der Waals surface area contributed by atoms with E-state index in [-0.39, 0.29) is 5.75 Å². The van der Waals surface area contributed by atoms with Crippen LogP contribution in [0.15, 0.2) is 24.4 Å². The number of ether oxygens (including phenoxy) is 1. The van der Waals surface area contributed by atoms with Crippen molar-refractivity contribution in [1.82, 2.24) is 15.0 Å².